The summed E-state index contributed by atoms with van der Waals surface area (Å²) in [5, 5.41) is 20.2. The van der Waals surface area contributed by atoms with Crippen LogP contribution in [-0.4, -0.2) is 9.85 Å². The highest BCUT2D eigenvalue weighted by Crippen LogP contribution is 2.20. The van der Waals surface area contributed by atoms with Crippen LogP contribution in [0.5, 0.6) is 0 Å². The van der Waals surface area contributed by atoms with Gasteiger partial charge in [0.25, 0.3) is 0 Å². The van der Waals surface area contributed by atoms with E-state index < -0.39 is 9.85 Å². The van der Waals surface area contributed by atoms with Crippen LogP contribution in [0.3, 0.4) is 0 Å². The Kier molecular flexibility index (Phi) is 2.38. The molecule has 0 bridgehead atoms. The van der Waals surface area contributed by atoms with Gasteiger partial charge in [-0.05, 0) is 0 Å². The van der Waals surface area contributed by atoms with Gasteiger partial charge in [-0.2, -0.15) is 0 Å². The van der Waals surface area contributed by atoms with E-state index in [4.69, 9.17) is 0 Å². The standard InChI is InChI=1S/C6H4N2O5/c9-7(10)3-1-6-5(8(11)12)2-4-13-6/h1-4H. The third-order valence-electron chi connectivity index (χ3n) is 1.22. The van der Waals surface area contributed by atoms with E-state index in [0.717, 1.165) is 18.4 Å². The lowest BCUT2D eigenvalue weighted by molar-refractivity contribution is -0.401. The Hall–Kier alpha value is -2.18. The molecule has 7 heteroatoms. The molecule has 0 atom stereocenters. The molecule has 0 unspecified atom stereocenters. The normalized spacial score (nSPS) is 10.5. The van der Waals surface area contributed by atoms with Crippen molar-refractivity contribution in [2.75, 3.05) is 0 Å². The van der Waals surface area contributed by atoms with Crippen LogP contribution in [0.1, 0.15) is 5.76 Å². The summed E-state index contributed by atoms with van der Waals surface area (Å²) in [7, 11) is 0. The second kappa shape index (κ2) is 3.48. The van der Waals surface area contributed by atoms with Crippen molar-refractivity contribution in [3.05, 3.63) is 44.5 Å². The minimum atomic E-state index is -0.730. The zero-order chi connectivity index (χ0) is 9.84. The van der Waals surface area contributed by atoms with Crippen molar-refractivity contribution in [3.8, 4) is 0 Å². The molecule has 0 aliphatic rings. The first-order valence-corrected chi connectivity index (χ1v) is 3.15. The molecule has 0 saturated heterocycles. The summed E-state index contributed by atoms with van der Waals surface area (Å²) < 4.78 is 4.64. The van der Waals surface area contributed by atoms with Crippen molar-refractivity contribution in [1.29, 1.82) is 0 Å². The first-order valence-electron chi connectivity index (χ1n) is 3.15. The van der Waals surface area contributed by atoms with Gasteiger partial charge in [-0.15, -0.1) is 0 Å². The first kappa shape index (κ1) is 8.91. The molecule has 1 rings (SSSR count). The van der Waals surface area contributed by atoms with E-state index >= 15 is 0 Å². The molecule has 0 fully saturated rings. The van der Waals surface area contributed by atoms with E-state index in [1.807, 2.05) is 0 Å². The summed E-state index contributed by atoms with van der Waals surface area (Å²) >= 11 is 0. The number of hydrogen-bond acceptors (Lipinski definition) is 5. The Morgan fingerprint density at radius 2 is 2.08 bits per heavy atom. The second-order valence-electron chi connectivity index (χ2n) is 2.03. The summed E-state index contributed by atoms with van der Waals surface area (Å²) in [5.41, 5.74) is -0.293. The minimum absolute atomic E-state index is 0.137. The Balaban J connectivity index is 2.95. The SMILES string of the molecule is O=[N+]([O-])C=Cc1occc1[N+](=O)[O-]. The van der Waals surface area contributed by atoms with Crippen LogP contribution in [0.25, 0.3) is 6.08 Å². The fourth-order valence-corrected chi connectivity index (χ4v) is 0.718. The van der Waals surface area contributed by atoms with Crippen LogP contribution in [0.4, 0.5) is 5.69 Å². The van der Waals surface area contributed by atoms with Crippen molar-refractivity contribution in [2.24, 2.45) is 0 Å². The Morgan fingerprint density at radius 3 is 2.62 bits per heavy atom. The summed E-state index contributed by atoms with van der Waals surface area (Å²) in [5.74, 6) is -0.137. The smallest absolute Gasteiger partial charge is 0.314 e. The maximum absolute atomic E-state index is 10.3. The zero-order valence-corrected chi connectivity index (χ0v) is 6.25. The highest BCUT2D eigenvalue weighted by atomic mass is 16.6. The first-order chi connectivity index (χ1) is 6.11. The molecule has 1 aromatic heterocycles. The molecule has 7 nitrogen and oxygen atoms in total. The molecule has 1 heterocycles. The van der Waals surface area contributed by atoms with Gasteiger partial charge < -0.3 is 4.42 Å². The van der Waals surface area contributed by atoms with Crippen molar-refractivity contribution >= 4 is 11.8 Å². The number of rotatable bonds is 3. The van der Waals surface area contributed by atoms with Crippen LogP contribution in [0.15, 0.2) is 22.9 Å². The molecule has 0 N–H and O–H groups in total. The van der Waals surface area contributed by atoms with Gasteiger partial charge in [0.1, 0.15) is 0 Å². The molecular weight excluding hydrogens is 180 g/mol. The van der Waals surface area contributed by atoms with Crippen molar-refractivity contribution in [2.45, 2.75) is 0 Å². The predicted molar refractivity (Wildman–Crippen MR) is 41.4 cm³/mol. The Labute approximate surface area is 71.6 Å². The van der Waals surface area contributed by atoms with Crippen LogP contribution in [0, 0.1) is 20.2 Å². The van der Waals surface area contributed by atoms with Crippen LogP contribution >= 0.6 is 0 Å². The van der Waals surface area contributed by atoms with Gasteiger partial charge in [0.15, 0.2) is 0 Å². The Bertz CT molecular complexity index is 367. The molecule has 0 radical (unpaired) electrons. The summed E-state index contributed by atoms with van der Waals surface area (Å²) in [6.45, 7) is 0. The summed E-state index contributed by atoms with van der Waals surface area (Å²) in [6.07, 6.45) is 2.60. The van der Waals surface area contributed by atoms with E-state index in [9.17, 15) is 20.2 Å². The lowest BCUT2D eigenvalue weighted by Gasteiger charge is -1.84. The van der Waals surface area contributed by atoms with Crippen LogP contribution in [-0.2, 0) is 0 Å². The van der Waals surface area contributed by atoms with Gasteiger partial charge in [-0.1, -0.05) is 0 Å². The topological polar surface area (TPSA) is 99.4 Å². The van der Waals surface area contributed by atoms with Gasteiger partial charge in [0.05, 0.1) is 28.3 Å². The average molecular weight is 184 g/mol. The molecule has 0 aliphatic carbocycles. The fraction of sp³-hybridized carbons (Fsp3) is 0. The quantitative estimate of drug-likeness (QED) is 0.522. The van der Waals surface area contributed by atoms with E-state index in [1.54, 1.807) is 0 Å². The highest BCUT2D eigenvalue weighted by Gasteiger charge is 2.14. The maximum Gasteiger partial charge on any atom is 0.314 e. The van der Waals surface area contributed by atoms with E-state index in [2.05, 4.69) is 4.42 Å². The molecular formula is C6H4N2O5. The van der Waals surface area contributed by atoms with Gasteiger partial charge in [0.2, 0.25) is 12.0 Å². The third kappa shape index (κ3) is 2.12. The van der Waals surface area contributed by atoms with Crippen LogP contribution < -0.4 is 0 Å². The van der Waals surface area contributed by atoms with Gasteiger partial charge in [-0.25, -0.2) is 0 Å². The minimum Gasteiger partial charge on any atom is -0.457 e. The molecule has 13 heavy (non-hydrogen) atoms. The van der Waals surface area contributed by atoms with Gasteiger partial charge in [0, 0.05) is 0 Å². The van der Waals surface area contributed by atoms with Crippen molar-refractivity contribution < 1.29 is 14.3 Å². The predicted octanol–water partition coefficient (Wildman–Crippen LogP) is 1.44. The number of nitro groups is 2. The summed E-state index contributed by atoms with van der Waals surface area (Å²) in [4.78, 5) is 18.7. The molecule has 0 amide bonds. The molecule has 0 spiro atoms. The highest BCUT2D eigenvalue weighted by molar-refractivity contribution is 5.53. The molecule has 68 valence electrons. The monoisotopic (exact) mass is 184 g/mol. The third-order valence-corrected chi connectivity index (χ3v) is 1.22. The van der Waals surface area contributed by atoms with Crippen molar-refractivity contribution in [3.63, 3.8) is 0 Å². The largest absolute Gasteiger partial charge is 0.457 e. The van der Waals surface area contributed by atoms with E-state index in [1.165, 1.54) is 0 Å². The Morgan fingerprint density at radius 1 is 1.38 bits per heavy atom. The molecule has 0 aliphatic heterocycles. The zero-order valence-electron chi connectivity index (χ0n) is 6.25. The van der Waals surface area contributed by atoms with E-state index in [-0.39, 0.29) is 11.4 Å². The van der Waals surface area contributed by atoms with E-state index in [0.29, 0.717) is 6.20 Å². The maximum atomic E-state index is 10.3. The number of nitrogens with zero attached hydrogens (tertiary/aromatic N) is 2. The lowest BCUT2D eigenvalue weighted by atomic mass is 10.4. The van der Waals surface area contributed by atoms with Gasteiger partial charge >= 0.3 is 5.69 Å². The average Bonchev–Trinajstić information content (AvgIpc) is 2.47. The lowest BCUT2D eigenvalue weighted by Crippen LogP contribution is -1.88. The number of furan rings is 1. The molecule has 0 aromatic carbocycles. The second-order valence-corrected chi connectivity index (χ2v) is 2.03. The molecule has 0 saturated carbocycles. The van der Waals surface area contributed by atoms with Crippen LogP contribution in [0.2, 0.25) is 0 Å². The summed E-state index contributed by atoms with van der Waals surface area (Å²) in [6, 6.07) is 1.12. The molecule has 1 aromatic rings. The number of hydrogen-bond donors (Lipinski definition) is 0. The van der Waals surface area contributed by atoms with Crippen molar-refractivity contribution in [1.82, 2.24) is 0 Å². The fourth-order valence-electron chi connectivity index (χ4n) is 0.718. The van der Waals surface area contributed by atoms with Gasteiger partial charge in [-0.3, -0.25) is 20.2 Å².